The minimum absolute atomic E-state index is 0.000949. The second-order valence-electron chi connectivity index (χ2n) is 5.56. The third-order valence-corrected chi connectivity index (χ3v) is 4.62. The average Bonchev–Trinajstić information content (AvgIpc) is 3.18. The van der Waals surface area contributed by atoms with E-state index in [-0.39, 0.29) is 11.9 Å². The number of aromatic nitrogens is 2. The fraction of sp³-hybridized carbons (Fsp3) is 0.222. The molecule has 4 nitrogen and oxygen atoms in total. The van der Waals surface area contributed by atoms with Crippen molar-refractivity contribution in [2.45, 2.75) is 19.4 Å². The van der Waals surface area contributed by atoms with Gasteiger partial charge in [-0.2, -0.15) is 0 Å². The van der Waals surface area contributed by atoms with Gasteiger partial charge in [0.05, 0.1) is 6.42 Å². The van der Waals surface area contributed by atoms with Gasteiger partial charge >= 0.3 is 0 Å². The first-order valence-electron chi connectivity index (χ1n) is 7.49. The Hall–Kier alpha value is -2.40. The molecule has 3 aromatic rings. The van der Waals surface area contributed by atoms with Crippen LogP contribution in [0.1, 0.15) is 27.9 Å². The number of carbonyl (C=O) groups is 1. The predicted octanol–water partition coefficient (Wildman–Crippen LogP) is 3.24. The molecule has 0 bridgehead atoms. The Kier molecular flexibility index (Phi) is 4.57. The zero-order chi connectivity index (χ0) is 16.2. The molecule has 0 aliphatic rings. The maximum absolute atomic E-state index is 12.4. The zero-order valence-electron chi connectivity index (χ0n) is 13.2. The Morgan fingerprint density at radius 3 is 2.70 bits per heavy atom. The number of rotatable bonds is 5. The molecule has 0 fully saturated rings. The SMILES string of the molecule is Cc1ccc(C(NC(=O)Cc2cccs2)c2nccn2C)cc1. The molecule has 1 unspecified atom stereocenters. The summed E-state index contributed by atoms with van der Waals surface area (Å²) in [6, 6.07) is 11.9. The van der Waals surface area contributed by atoms with E-state index in [0.717, 1.165) is 16.3 Å². The maximum Gasteiger partial charge on any atom is 0.226 e. The molecule has 0 saturated carbocycles. The smallest absolute Gasteiger partial charge is 0.226 e. The van der Waals surface area contributed by atoms with Crippen molar-refractivity contribution < 1.29 is 4.79 Å². The third-order valence-electron chi connectivity index (χ3n) is 3.75. The van der Waals surface area contributed by atoms with Gasteiger partial charge in [0.15, 0.2) is 0 Å². The molecule has 3 rings (SSSR count). The number of aryl methyl sites for hydroxylation is 2. The molecule has 118 valence electrons. The molecule has 2 aromatic heterocycles. The van der Waals surface area contributed by atoms with Crippen LogP contribution in [-0.4, -0.2) is 15.5 Å². The summed E-state index contributed by atoms with van der Waals surface area (Å²) in [6.45, 7) is 2.05. The van der Waals surface area contributed by atoms with Gasteiger partial charge in [0, 0.05) is 24.3 Å². The van der Waals surface area contributed by atoms with Gasteiger partial charge in [-0.25, -0.2) is 4.98 Å². The number of nitrogens with zero attached hydrogens (tertiary/aromatic N) is 2. The van der Waals surface area contributed by atoms with Gasteiger partial charge in [-0.1, -0.05) is 35.9 Å². The van der Waals surface area contributed by atoms with Gasteiger partial charge in [0.25, 0.3) is 0 Å². The molecule has 1 aromatic carbocycles. The van der Waals surface area contributed by atoms with E-state index in [1.807, 2.05) is 47.5 Å². The third kappa shape index (κ3) is 3.68. The van der Waals surface area contributed by atoms with E-state index in [2.05, 4.69) is 29.4 Å². The molecule has 1 N–H and O–H groups in total. The number of nitrogens with one attached hydrogen (secondary N) is 1. The van der Waals surface area contributed by atoms with Crippen LogP contribution in [0.5, 0.6) is 0 Å². The Bertz CT molecular complexity index is 775. The molecule has 0 radical (unpaired) electrons. The quantitative estimate of drug-likeness (QED) is 0.783. The second-order valence-corrected chi connectivity index (χ2v) is 6.60. The van der Waals surface area contributed by atoms with Crippen molar-refractivity contribution in [3.8, 4) is 0 Å². The molecule has 0 aliphatic heterocycles. The van der Waals surface area contributed by atoms with Gasteiger partial charge in [0.1, 0.15) is 11.9 Å². The molecule has 23 heavy (non-hydrogen) atoms. The molecule has 0 spiro atoms. The maximum atomic E-state index is 12.4. The van der Waals surface area contributed by atoms with E-state index < -0.39 is 0 Å². The van der Waals surface area contributed by atoms with Crippen LogP contribution < -0.4 is 5.32 Å². The first kappa shape index (κ1) is 15.5. The lowest BCUT2D eigenvalue weighted by Crippen LogP contribution is -2.32. The van der Waals surface area contributed by atoms with Crippen molar-refractivity contribution >= 4 is 17.2 Å². The number of imidazole rings is 1. The highest BCUT2D eigenvalue weighted by Gasteiger charge is 2.20. The predicted molar refractivity (Wildman–Crippen MR) is 92.4 cm³/mol. The standard InChI is InChI=1S/C18H19N3OS/c1-13-5-7-14(8-6-13)17(18-19-9-10-21(18)2)20-16(22)12-15-4-3-11-23-15/h3-11,17H,12H2,1-2H3,(H,20,22). The molecule has 1 amide bonds. The van der Waals surface area contributed by atoms with Gasteiger partial charge in [-0.05, 0) is 23.9 Å². The lowest BCUT2D eigenvalue weighted by atomic mass is 10.0. The number of hydrogen-bond acceptors (Lipinski definition) is 3. The van der Waals surface area contributed by atoms with E-state index in [9.17, 15) is 4.79 Å². The highest BCUT2D eigenvalue weighted by atomic mass is 32.1. The fourth-order valence-electron chi connectivity index (χ4n) is 2.49. The summed E-state index contributed by atoms with van der Waals surface area (Å²) < 4.78 is 1.94. The van der Waals surface area contributed by atoms with Crippen LogP contribution >= 0.6 is 11.3 Å². The van der Waals surface area contributed by atoms with E-state index in [0.29, 0.717) is 6.42 Å². The largest absolute Gasteiger partial charge is 0.342 e. The van der Waals surface area contributed by atoms with Gasteiger partial charge in [0.2, 0.25) is 5.91 Å². The Labute approximate surface area is 139 Å². The Morgan fingerprint density at radius 2 is 2.09 bits per heavy atom. The van der Waals surface area contributed by atoms with Crippen LogP contribution in [0.2, 0.25) is 0 Å². The summed E-state index contributed by atoms with van der Waals surface area (Å²) in [5.41, 5.74) is 2.22. The van der Waals surface area contributed by atoms with Crippen molar-refractivity contribution in [1.29, 1.82) is 0 Å². The van der Waals surface area contributed by atoms with Crippen molar-refractivity contribution in [1.82, 2.24) is 14.9 Å². The van der Waals surface area contributed by atoms with Crippen molar-refractivity contribution in [2.75, 3.05) is 0 Å². The Morgan fingerprint density at radius 1 is 1.30 bits per heavy atom. The Balaban J connectivity index is 1.85. The van der Waals surface area contributed by atoms with Crippen LogP contribution in [0.25, 0.3) is 0 Å². The van der Waals surface area contributed by atoms with Crippen molar-refractivity contribution in [2.24, 2.45) is 7.05 Å². The lowest BCUT2D eigenvalue weighted by Gasteiger charge is -2.19. The lowest BCUT2D eigenvalue weighted by molar-refractivity contribution is -0.120. The highest BCUT2D eigenvalue weighted by Crippen LogP contribution is 2.21. The number of thiophene rings is 1. The highest BCUT2D eigenvalue weighted by molar-refractivity contribution is 7.10. The van der Waals surface area contributed by atoms with Crippen LogP contribution in [0, 0.1) is 6.92 Å². The molecular weight excluding hydrogens is 306 g/mol. The molecule has 2 heterocycles. The van der Waals surface area contributed by atoms with E-state index in [4.69, 9.17) is 0 Å². The number of benzene rings is 1. The van der Waals surface area contributed by atoms with E-state index in [1.54, 1.807) is 17.5 Å². The molecular formula is C18H19N3OS. The van der Waals surface area contributed by atoms with Crippen LogP contribution in [-0.2, 0) is 18.3 Å². The first-order valence-corrected chi connectivity index (χ1v) is 8.37. The van der Waals surface area contributed by atoms with Crippen LogP contribution in [0.4, 0.5) is 0 Å². The summed E-state index contributed by atoms with van der Waals surface area (Å²) in [5, 5.41) is 5.10. The van der Waals surface area contributed by atoms with Gasteiger partial charge in [-0.15, -0.1) is 11.3 Å². The molecule has 0 saturated heterocycles. The topological polar surface area (TPSA) is 46.9 Å². The minimum Gasteiger partial charge on any atom is -0.342 e. The number of amides is 1. The summed E-state index contributed by atoms with van der Waals surface area (Å²) in [6.07, 6.45) is 4.04. The first-order chi connectivity index (χ1) is 11.1. The monoisotopic (exact) mass is 325 g/mol. The van der Waals surface area contributed by atoms with Crippen molar-refractivity contribution in [3.05, 3.63) is 76.0 Å². The zero-order valence-corrected chi connectivity index (χ0v) is 14.0. The number of hydrogen-bond donors (Lipinski definition) is 1. The van der Waals surface area contributed by atoms with Crippen LogP contribution in [0.15, 0.2) is 54.2 Å². The minimum atomic E-state index is -0.247. The molecule has 5 heteroatoms. The molecule has 0 aliphatic carbocycles. The van der Waals surface area contributed by atoms with Gasteiger partial charge < -0.3 is 9.88 Å². The van der Waals surface area contributed by atoms with Crippen molar-refractivity contribution in [3.63, 3.8) is 0 Å². The normalized spacial score (nSPS) is 12.1. The van der Waals surface area contributed by atoms with Gasteiger partial charge in [-0.3, -0.25) is 4.79 Å². The molecule has 1 atom stereocenters. The number of carbonyl (C=O) groups excluding carboxylic acids is 1. The fourth-order valence-corrected chi connectivity index (χ4v) is 3.20. The summed E-state index contributed by atoms with van der Waals surface area (Å²) in [5.74, 6) is 0.828. The average molecular weight is 325 g/mol. The summed E-state index contributed by atoms with van der Waals surface area (Å²) in [7, 11) is 1.94. The summed E-state index contributed by atoms with van der Waals surface area (Å²) >= 11 is 1.60. The van der Waals surface area contributed by atoms with E-state index in [1.165, 1.54) is 5.56 Å². The summed E-state index contributed by atoms with van der Waals surface area (Å²) in [4.78, 5) is 17.9. The van der Waals surface area contributed by atoms with Crippen LogP contribution in [0.3, 0.4) is 0 Å². The second kappa shape index (κ2) is 6.79. The van der Waals surface area contributed by atoms with E-state index >= 15 is 0 Å².